The molecular formula is C23H23ClN4O7. The van der Waals surface area contributed by atoms with Crippen LogP contribution in [0.4, 0.5) is 5.69 Å². The Morgan fingerprint density at radius 1 is 1.09 bits per heavy atom. The Hall–Kier alpha value is -4.12. The van der Waals surface area contributed by atoms with Crippen molar-refractivity contribution in [2.24, 2.45) is 4.99 Å². The lowest BCUT2D eigenvalue weighted by Crippen LogP contribution is -2.51. The molecule has 2 aromatic carbocycles. The number of carboxylic acid groups (broad SMARTS) is 1. The zero-order valence-electron chi connectivity index (χ0n) is 19.1. The first kappa shape index (κ1) is 25.5. The lowest BCUT2D eigenvalue weighted by Gasteiger charge is -2.14. The quantitative estimate of drug-likeness (QED) is 0.424. The van der Waals surface area contributed by atoms with Crippen molar-refractivity contribution in [3.63, 3.8) is 0 Å². The standard InChI is InChI=1S/C23H23ClN4O7/c1-13(2)35-18-9-8-16(10-19(18)34-3)25-21-26-22(32)28(12-17(29)20(30)31)23(33)27(21)11-14-4-6-15(24)7-5-14/h4-10,13H,11-12H2,1-3H3,(H,30,31)(H,25,26,32). The van der Waals surface area contributed by atoms with Crippen LogP contribution in [0.5, 0.6) is 11.5 Å². The summed E-state index contributed by atoms with van der Waals surface area (Å²) in [6, 6.07) is 11.4. The topological polar surface area (TPSA) is 145 Å². The van der Waals surface area contributed by atoms with Crippen molar-refractivity contribution in [1.29, 1.82) is 0 Å². The van der Waals surface area contributed by atoms with Crippen LogP contribution in [0.25, 0.3) is 0 Å². The molecule has 0 aliphatic carbocycles. The largest absolute Gasteiger partial charge is 0.493 e. The Labute approximate surface area is 203 Å². The van der Waals surface area contributed by atoms with Crippen LogP contribution >= 0.6 is 11.6 Å². The van der Waals surface area contributed by atoms with Gasteiger partial charge < -0.3 is 14.6 Å². The number of H-pyrrole nitrogens is 1. The highest BCUT2D eigenvalue weighted by molar-refractivity contribution is 6.32. The van der Waals surface area contributed by atoms with Gasteiger partial charge in [0.15, 0.2) is 11.5 Å². The van der Waals surface area contributed by atoms with Crippen molar-refractivity contribution >= 4 is 29.0 Å². The molecule has 0 aliphatic heterocycles. The van der Waals surface area contributed by atoms with E-state index in [0.717, 1.165) is 4.57 Å². The summed E-state index contributed by atoms with van der Waals surface area (Å²) in [5, 5.41) is 9.39. The molecule has 0 atom stereocenters. The number of carboxylic acids is 1. The Bertz CT molecular complexity index is 1440. The molecular weight excluding hydrogens is 480 g/mol. The smallest absolute Gasteiger partial charge is 0.374 e. The molecule has 0 radical (unpaired) electrons. The Balaban J connectivity index is 2.19. The minimum Gasteiger partial charge on any atom is -0.493 e. The van der Waals surface area contributed by atoms with Gasteiger partial charge in [0.2, 0.25) is 5.62 Å². The first-order chi connectivity index (χ1) is 16.6. The molecule has 2 N–H and O–H groups in total. The van der Waals surface area contributed by atoms with Crippen LogP contribution in [-0.2, 0) is 22.7 Å². The number of aromatic nitrogens is 3. The number of ketones is 1. The Kier molecular flexibility index (Phi) is 7.92. The summed E-state index contributed by atoms with van der Waals surface area (Å²) in [6.07, 6.45) is -0.0920. The first-order valence-electron chi connectivity index (χ1n) is 10.4. The monoisotopic (exact) mass is 502 g/mol. The summed E-state index contributed by atoms with van der Waals surface area (Å²) < 4.78 is 12.7. The van der Waals surface area contributed by atoms with Crippen LogP contribution in [-0.4, -0.2) is 44.2 Å². The lowest BCUT2D eigenvalue weighted by atomic mass is 10.2. The first-order valence-corrected chi connectivity index (χ1v) is 10.8. The maximum atomic E-state index is 13.2. The molecule has 184 valence electrons. The number of halogens is 1. The number of nitrogens with one attached hydrogen (secondary N) is 1. The second kappa shape index (κ2) is 10.9. The van der Waals surface area contributed by atoms with Crippen molar-refractivity contribution in [1.82, 2.24) is 14.1 Å². The Morgan fingerprint density at radius 3 is 2.37 bits per heavy atom. The molecule has 0 aliphatic rings. The number of ether oxygens (including phenoxy) is 2. The molecule has 1 heterocycles. The highest BCUT2D eigenvalue weighted by Crippen LogP contribution is 2.31. The summed E-state index contributed by atoms with van der Waals surface area (Å²) in [6.45, 7) is 2.76. The normalized spacial score (nSPS) is 11.5. The van der Waals surface area contributed by atoms with Gasteiger partial charge in [0.05, 0.1) is 25.4 Å². The molecule has 0 fully saturated rings. The second-order valence-electron chi connectivity index (χ2n) is 7.68. The Morgan fingerprint density at radius 2 is 1.77 bits per heavy atom. The number of aliphatic carboxylic acids is 1. The second-order valence-corrected chi connectivity index (χ2v) is 8.11. The number of benzene rings is 2. The highest BCUT2D eigenvalue weighted by Gasteiger charge is 2.18. The summed E-state index contributed by atoms with van der Waals surface area (Å²) in [5.74, 6) is -2.19. The van der Waals surface area contributed by atoms with Crippen LogP contribution in [0, 0.1) is 0 Å². The minimum absolute atomic E-state index is 0.0431. The van der Waals surface area contributed by atoms with E-state index in [9.17, 15) is 19.2 Å². The zero-order chi connectivity index (χ0) is 25.7. The number of carbonyl (C=O) groups excluding carboxylic acids is 1. The molecule has 0 saturated heterocycles. The molecule has 3 rings (SSSR count). The number of hydrogen-bond acceptors (Lipinski definition) is 7. The van der Waals surface area contributed by atoms with Gasteiger partial charge >= 0.3 is 17.3 Å². The van der Waals surface area contributed by atoms with E-state index in [1.54, 1.807) is 42.5 Å². The third-order valence-electron chi connectivity index (χ3n) is 4.72. The molecule has 0 unspecified atom stereocenters. The number of methoxy groups -OCH3 is 1. The summed E-state index contributed by atoms with van der Waals surface area (Å²) >= 11 is 5.94. The fourth-order valence-electron chi connectivity index (χ4n) is 3.11. The van der Waals surface area contributed by atoms with Crippen molar-refractivity contribution in [2.75, 3.05) is 7.11 Å². The van der Waals surface area contributed by atoms with Gasteiger partial charge in [-0.25, -0.2) is 23.9 Å². The van der Waals surface area contributed by atoms with Crippen LogP contribution in [0.15, 0.2) is 57.0 Å². The van der Waals surface area contributed by atoms with Crippen LogP contribution in [0.2, 0.25) is 5.02 Å². The predicted molar refractivity (Wildman–Crippen MR) is 126 cm³/mol. The number of aromatic amines is 1. The van der Waals surface area contributed by atoms with Crippen LogP contribution in [0.1, 0.15) is 19.4 Å². The van der Waals surface area contributed by atoms with E-state index in [2.05, 4.69) is 9.98 Å². The number of carbonyl (C=O) groups is 2. The van der Waals surface area contributed by atoms with Gasteiger partial charge in [-0.2, -0.15) is 0 Å². The number of hydrogen-bond donors (Lipinski definition) is 2. The van der Waals surface area contributed by atoms with Gasteiger partial charge in [0.25, 0.3) is 5.78 Å². The fourth-order valence-corrected chi connectivity index (χ4v) is 3.23. The predicted octanol–water partition coefficient (Wildman–Crippen LogP) is 1.72. The molecule has 35 heavy (non-hydrogen) atoms. The van der Waals surface area contributed by atoms with E-state index in [0.29, 0.717) is 32.3 Å². The number of rotatable bonds is 9. The average molecular weight is 503 g/mol. The summed E-state index contributed by atoms with van der Waals surface area (Å²) in [4.78, 5) is 55.2. The highest BCUT2D eigenvalue weighted by atomic mass is 35.5. The van der Waals surface area contributed by atoms with Gasteiger partial charge in [-0.1, -0.05) is 23.7 Å². The molecule has 0 bridgehead atoms. The van der Waals surface area contributed by atoms with Crippen molar-refractivity contribution < 1.29 is 24.2 Å². The molecule has 12 heteroatoms. The van der Waals surface area contributed by atoms with Crippen molar-refractivity contribution in [3.8, 4) is 11.5 Å². The van der Waals surface area contributed by atoms with E-state index >= 15 is 0 Å². The molecule has 1 aromatic heterocycles. The maximum absolute atomic E-state index is 13.2. The van der Waals surface area contributed by atoms with E-state index in [-0.39, 0.29) is 18.3 Å². The fraction of sp³-hybridized carbons (Fsp3) is 0.261. The van der Waals surface area contributed by atoms with Gasteiger partial charge in [-0.3, -0.25) is 14.3 Å². The summed E-state index contributed by atoms with van der Waals surface area (Å²) in [5.41, 5.74) is -1.02. The van der Waals surface area contributed by atoms with Crippen LogP contribution in [0.3, 0.4) is 0 Å². The van der Waals surface area contributed by atoms with Crippen LogP contribution < -0.4 is 26.5 Å². The van der Waals surface area contributed by atoms with E-state index in [1.807, 2.05) is 13.8 Å². The molecule has 0 saturated carbocycles. The van der Waals surface area contributed by atoms with Gasteiger partial charge in [0, 0.05) is 11.1 Å². The third kappa shape index (κ3) is 6.27. The maximum Gasteiger partial charge on any atom is 0.374 e. The average Bonchev–Trinajstić information content (AvgIpc) is 2.80. The number of Topliss-reactive ketones (excluding diaryl/α,β-unsaturated/α-hetero) is 1. The molecule has 3 aromatic rings. The molecule has 0 amide bonds. The van der Waals surface area contributed by atoms with E-state index in [1.165, 1.54) is 7.11 Å². The third-order valence-corrected chi connectivity index (χ3v) is 4.97. The minimum atomic E-state index is -1.76. The van der Waals surface area contributed by atoms with E-state index in [4.69, 9.17) is 26.2 Å². The van der Waals surface area contributed by atoms with Crippen molar-refractivity contribution in [3.05, 3.63) is 79.6 Å². The van der Waals surface area contributed by atoms with Gasteiger partial charge in [0.1, 0.15) is 6.54 Å². The van der Waals surface area contributed by atoms with E-state index < -0.39 is 29.7 Å². The van der Waals surface area contributed by atoms with Crippen molar-refractivity contribution in [2.45, 2.75) is 33.0 Å². The lowest BCUT2D eigenvalue weighted by molar-refractivity contribution is -0.149. The van der Waals surface area contributed by atoms with Gasteiger partial charge in [-0.05, 0) is 43.7 Å². The zero-order valence-corrected chi connectivity index (χ0v) is 19.9. The SMILES string of the molecule is COc1cc(/N=c2\[nH]c(=O)n(CC(=O)C(=O)O)c(=O)n2Cc2ccc(Cl)cc2)ccc1OC(C)C. The van der Waals surface area contributed by atoms with Gasteiger partial charge in [-0.15, -0.1) is 0 Å². The molecule has 0 spiro atoms. The summed E-state index contributed by atoms with van der Waals surface area (Å²) in [7, 11) is 1.47. The number of nitrogens with zero attached hydrogens (tertiary/aromatic N) is 3. The molecule has 11 nitrogen and oxygen atoms in total.